The first kappa shape index (κ1) is 12.6. The quantitative estimate of drug-likeness (QED) is 0.640. The van der Waals surface area contributed by atoms with Crippen LogP contribution in [0.15, 0.2) is 22.7 Å². The largest absolute Gasteiger partial charge is 0.380 e. The van der Waals surface area contributed by atoms with Gasteiger partial charge in [-0.1, -0.05) is 22.0 Å². The molecule has 1 unspecified atom stereocenters. The molecule has 1 atom stereocenters. The molecular weight excluding hydrogens is 263 g/mol. The number of nitrogens with one attached hydrogen (secondary N) is 1. The van der Waals surface area contributed by atoms with Crippen molar-refractivity contribution < 1.29 is 9.13 Å². The highest BCUT2D eigenvalue weighted by atomic mass is 79.9. The number of rotatable bonds is 5. The van der Waals surface area contributed by atoms with Gasteiger partial charge in [-0.05, 0) is 24.6 Å². The Morgan fingerprint density at radius 3 is 2.87 bits per heavy atom. The molecule has 1 aromatic rings. The SMILES string of the molecule is CCOCC(NN)c1ccc(F)cc1Br. The number of benzene rings is 1. The summed E-state index contributed by atoms with van der Waals surface area (Å²) in [5.74, 6) is 5.13. The standard InChI is InChI=1S/C10H14BrFN2O/c1-2-15-6-10(14-13)8-4-3-7(12)5-9(8)11/h3-5,10,14H,2,6,13H2,1H3. The third-order valence-corrected chi connectivity index (χ3v) is 2.71. The highest BCUT2D eigenvalue weighted by Crippen LogP contribution is 2.24. The van der Waals surface area contributed by atoms with E-state index in [1.807, 2.05) is 6.92 Å². The van der Waals surface area contributed by atoms with Crippen LogP contribution in [0.1, 0.15) is 18.5 Å². The van der Waals surface area contributed by atoms with Crippen LogP contribution in [0.4, 0.5) is 4.39 Å². The van der Waals surface area contributed by atoms with Crippen molar-refractivity contribution in [3.05, 3.63) is 34.1 Å². The third-order valence-electron chi connectivity index (χ3n) is 2.03. The molecule has 0 heterocycles. The normalized spacial score (nSPS) is 12.8. The highest BCUT2D eigenvalue weighted by Gasteiger charge is 2.13. The summed E-state index contributed by atoms with van der Waals surface area (Å²) in [5.41, 5.74) is 3.52. The molecule has 84 valence electrons. The van der Waals surface area contributed by atoms with E-state index in [4.69, 9.17) is 10.6 Å². The van der Waals surface area contributed by atoms with Crippen LogP contribution >= 0.6 is 15.9 Å². The van der Waals surface area contributed by atoms with Crippen LogP contribution in [0.3, 0.4) is 0 Å². The minimum absolute atomic E-state index is 0.139. The molecule has 0 aromatic heterocycles. The fraction of sp³-hybridized carbons (Fsp3) is 0.400. The first-order valence-corrected chi connectivity index (χ1v) is 5.47. The molecule has 15 heavy (non-hydrogen) atoms. The Kier molecular flexibility index (Phi) is 5.17. The van der Waals surface area contributed by atoms with Crippen LogP contribution in [-0.2, 0) is 4.74 Å². The summed E-state index contributed by atoms with van der Waals surface area (Å²) in [6, 6.07) is 4.35. The van der Waals surface area contributed by atoms with Gasteiger partial charge in [0.1, 0.15) is 5.82 Å². The van der Waals surface area contributed by atoms with E-state index in [0.29, 0.717) is 17.7 Å². The second kappa shape index (κ2) is 6.17. The second-order valence-electron chi connectivity index (χ2n) is 3.04. The maximum absolute atomic E-state index is 12.9. The summed E-state index contributed by atoms with van der Waals surface area (Å²) < 4.78 is 18.8. The van der Waals surface area contributed by atoms with Gasteiger partial charge >= 0.3 is 0 Å². The molecule has 1 rings (SSSR count). The van der Waals surface area contributed by atoms with Crippen LogP contribution in [0.25, 0.3) is 0 Å². The average molecular weight is 277 g/mol. The van der Waals surface area contributed by atoms with Crippen molar-refractivity contribution in [2.24, 2.45) is 5.84 Å². The van der Waals surface area contributed by atoms with E-state index in [-0.39, 0.29) is 11.9 Å². The van der Waals surface area contributed by atoms with E-state index in [9.17, 15) is 4.39 Å². The first-order chi connectivity index (χ1) is 7.19. The van der Waals surface area contributed by atoms with Gasteiger partial charge in [0.2, 0.25) is 0 Å². The summed E-state index contributed by atoms with van der Waals surface area (Å²) in [7, 11) is 0. The molecular formula is C10H14BrFN2O. The minimum atomic E-state index is -0.280. The molecule has 0 bridgehead atoms. The predicted octanol–water partition coefficient (Wildman–Crippen LogP) is 2.13. The number of hydrogen-bond donors (Lipinski definition) is 2. The van der Waals surface area contributed by atoms with E-state index in [0.717, 1.165) is 5.56 Å². The summed E-state index contributed by atoms with van der Waals surface area (Å²) in [6.45, 7) is 2.99. The Balaban J connectivity index is 2.81. The second-order valence-corrected chi connectivity index (χ2v) is 3.90. The minimum Gasteiger partial charge on any atom is -0.380 e. The molecule has 1 aromatic carbocycles. The molecule has 0 spiro atoms. The molecule has 0 aliphatic carbocycles. The zero-order valence-corrected chi connectivity index (χ0v) is 10.1. The maximum Gasteiger partial charge on any atom is 0.124 e. The molecule has 0 aliphatic heterocycles. The number of ether oxygens (including phenoxy) is 1. The Labute approximate surface area is 96.9 Å². The Morgan fingerprint density at radius 1 is 1.60 bits per heavy atom. The summed E-state index contributed by atoms with van der Waals surface area (Å²) in [6.07, 6.45) is 0. The van der Waals surface area contributed by atoms with Crippen molar-refractivity contribution >= 4 is 15.9 Å². The average Bonchev–Trinajstić information content (AvgIpc) is 2.21. The third kappa shape index (κ3) is 3.53. The Bertz CT molecular complexity index is 322. The van der Waals surface area contributed by atoms with Gasteiger partial charge in [-0.25, -0.2) is 4.39 Å². The molecule has 5 heteroatoms. The molecule has 0 saturated heterocycles. The topological polar surface area (TPSA) is 47.3 Å². The van der Waals surface area contributed by atoms with Crippen molar-refractivity contribution in [3.63, 3.8) is 0 Å². The van der Waals surface area contributed by atoms with Crippen LogP contribution in [0, 0.1) is 5.82 Å². The lowest BCUT2D eigenvalue weighted by Crippen LogP contribution is -2.31. The van der Waals surface area contributed by atoms with E-state index in [1.54, 1.807) is 6.07 Å². The van der Waals surface area contributed by atoms with Gasteiger partial charge < -0.3 is 4.74 Å². The fourth-order valence-electron chi connectivity index (χ4n) is 1.25. The lowest BCUT2D eigenvalue weighted by Gasteiger charge is -2.17. The van der Waals surface area contributed by atoms with E-state index in [1.165, 1.54) is 12.1 Å². The molecule has 0 aliphatic rings. The van der Waals surface area contributed by atoms with Crippen LogP contribution in [0.2, 0.25) is 0 Å². The van der Waals surface area contributed by atoms with Gasteiger partial charge in [-0.2, -0.15) is 0 Å². The van der Waals surface area contributed by atoms with Gasteiger partial charge in [0.15, 0.2) is 0 Å². The Morgan fingerprint density at radius 2 is 2.33 bits per heavy atom. The van der Waals surface area contributed by atoms with Crippen molar-refractivity contribution in [1.29, 1.82) is 0 Å². The van der Waals surface area contributed by atoms with Gasteiger partial charge in [0.25, 0.3) is 0 Å². The molecule has 3 nitrogen and oxygen atoms in total. The van der Waals surface area contributed by atoms with E-state index in [2.05, 4.69) is 21.4 Å². The number of nitrogens with two attached hydrogens (primary N) is 1. The summed E-state index contributed by atoms with van der Waals surface area (Å²) in [4.78, 5) is 0. The summed E-state index contributed by atoms with van der Waals surface area (Å²) in [5, 5.41) is 0. The van der Waals surface area contributed by atoms with Crippen LogP contribution in [-0.4, -0.2) is 13.2 Å². The fourth-order valence-corrected chi connectivity index (χ4v) is 1.87. The molecule has 3 N–H and O–H groups in total. The molecule has 0 fully saturated rings. The van der Waals surface area contributed by atoms with Gasteiger partial charge in [0.05, 0.1) is 12.6 Å². The molecule has 0 saturated carbocycles. The summed E-state index contributed by atoms with van der Waals surface area (Å²) >= 11 is 3.29. The van der Waals surface area contributed by atoms with Gasteiger partial charge in [-0.15, -0.1) is 0 Å². The van der Waals surface area contributed by atoms with E-state index >= 15 is 0 Å². The first-order valence-electron chi connectivity index (χ1n) is 4.67. The smallest absolute Gasteiger partial charge is 0.124 e. The van der Waals surface area contributed by atoms with Crippen LogP contribution in [0.5, 0.6) is 0 Å². The number of halogens is 2. The van der Waals surface area contributed by atoms with Gasteiger partial charge in [0, 0.05) is 11.1 Å². The lowest BCUT2D eigenvalue weighted by molar-refractivity contribution is 0.123. The lowest BCUT2D eigenvalue weighted by atomic mass is 10.1. The maximum atomic E-state index is 12.9. The Hall–Kier alpha value is -0.490. The van der Waals surface area contributed by atoms with Crippen molar-refractivity contribution in [1.82, 2.24) is 5.43 Å². The molecule has 0 amide bonds. The highest BCUT2D eigenvalue weighted by molar-refractivity contribution is 9.10. The van der Waals surface area contributed by atoms with Crippen molar-refractivity contribution in [2.75, 3.05) is 13.2 Å². The van der Waals surface area contributed by atoms with Crippen LogP contribution < -0.4 is 11.3 Å². The molecule has 0 radical (unpaired) electrons. The van der Waals surface area contributed by atoms with Gasteiger partial charge in [-0.3, -0.25) is 11.3 Å². The van der Waals surface area contributed by atoms with Crippen molar-refractivity contribution in [3.8, 4) is 0 Å². The number of hydrazine groups is 1. The zero-order chi connectivity index (χ0) is 11.3. The predicted molar refractivity (Wildman–Crippen MR) is 60.7 cm³/mol. The van der Waals surface area contributed by atoms with Crippen molar-refractivity contribution in [2.45, 2.75) is 13.0 Å². The monoisotopic (exact) mass is 276 g/mol. The zero-order valence-electron chi connectivity index (χ0n) is 8.47. The number of hydrogen-bond acceptors (Lipinski definition) is 3. The van der Waals surface area contributed by atoms with E-state index < -0.39 is 0 Å².